The highest BCUT2D eigenvalue weighted by Crippen LogP contribution is 2.38. The number of amides is 3. The van der Waals surface area contributed by atoms with Crippen molar-refractivity contribution in [3.63, 3.8) is 0 Å². The number of nitrogens with one attached hydrogen (secondary N) is 3. The zero-order chi connectivity index (χ0) is 32.3. The third-order valence-corrected chi connectivity index (χ3v) is 8.39. The molecule has 0 aliphatic heterocycles. The maximum absolute atomic E-state index is 12.6. The summed E-state index contributed by atoms with van der Waals surface area (Å²) in [5, 5.41) is 27.5. The van der Waals surface area contributed by atoms with E-state index in [1.807, 2.05) is 6.07 Å². The number of nitriles is 1. The molecule has 3 amide bonds. The zero-order valence-corrected chi connectivity index (χ0v) is 26.8. The lowest BCUT2D eigenvalue weighted by Crippen LogP contribution is -2.21. The summed E-state index contributed by atoms with van der Waals surface area (Å²) in [5.41, 5.74) is 4.02. The lowest BCUT2D eigenvalue weighted by Gasteiger charge is -2.30. The Bertz CT molecular complexity index is 1470. The molecular formula is C36H46N4O4. The maximum Gasteiger partial charge on any atom is 0.323 e. The molecule has 0 bridgehead atoms. The first kappa shape index (κ1) is 34.0. The van der Waals surface area contributed by atoms with Gasteiger partial charge in [-0.25, -0.2) is 4.79 Å². The van der Waals surface area contributed by atoms with Crippen LogP contribution in [0.3, 0.4) is 0 Å². The molecule has 234 valence electrons. The third kappa shape index (κ3) is 9.24. The topological polar surface area (TPSA) is 123 Å². The number of carbonyl (C=O) groups excluding carboxylic acids is 2. The summed E-state index contributed by atoms with van der Waals surface area (Å²) in [4.78, 5) is 25.0. The van der Waals surface area contributed by atoms with Gasteiger partial charge >= 0.3 is 6.03 Å². The van der Waals surface area contributed by atoms with Crippen LogP contribution in [0.5, 0.6) is 11.5 Å². The predicted octanol–water partition coefficient (Wildman–Crippen LogP) is 8.86. The Kier molecular flexibility index (Phi) is 11.8. The molecule has 0 radical (unpaired) electrons. The molecule has 0 heterocycles. The van der Waals surface area contributed by atoms with Gasteiger partial charge < -0.3 is 25.8 Å². The van der Waals surface area contributed by atoms with Crippen molar-refractivity contribution in [3.05, 3.63) is 77.4 Å². The van der Waals surface area contributed by atoms with Gasteiger partial charge in [0.2, 0.25) is 5.91 Å². The van der Waals surface area contributed by atoms with E-state index in [1.54, 1.807) is 36.4 Å². The molecule has 4 N–H and O–H groups in total. The van der Waals surface area contributed by atoms with Crippen molar-refractivity contribution in [1.29, 1.82) is 5.26 Å². The van der Waals surface area contributed by atoms with Gasteiger partial charge in [0.1, 0.15) is 5.75 Å². The summed E-state index contributed by atoms with van der Waals surface area (Å²) >= 11 is 0. The number of anilines is 3. The fourth-order valence-corrected chi connectivity index (χ4v) is 4.62. The Morgan fingerprint density at radius 2 is 1.50 bits per heavy atom. The van der Waals surface area contributed by atoms with Crippen molar-refractivity contribution < 1.29 is 19.4 Å². The molecule has 3 aromatic rings. The van der Waals surface area contributed by atoms with Gasteiger partial charge in [-0.2, -0.15) is 5.26 Å². The van der Waals surface area contributed by atoms with Crippen LogP contribution in [0.25, 0.3) is 0 Å². The number of unbranched alkanes of at least 4 members (excludes halogenated alkanes) is 2. The summed E-state index contributed by atoms with van der Waals surface area (Å²) in [6.45, 7) is 14.1. The minimum atomic E-state index is -0.568. The predicted molar refractivity (Wildman–Crippen MR) is 178 cm³/mol. The highest BCUT2D eigenvalue weighted by molar-refractivity contribution is 6.02. The van der Waals surface area contributed by atoms with E-state index in [9.17, 15) is 14.7 Å². The number of rotatable bonds is 14. The largest absolute Gasteiger partial charge is 0.504 e. The van der Waals surface area contributed by atoms with Gasteiger partial charge in [-0.05, 0) is 91.0 Å². The van der Waals surface area contributed by atoms with E-state index in [4.69, 9.17) is 10.00 Å². The van der Waals surface area contributed by atoms with E-state index >= 15 is 0 Å². The number of phenols is 1. The fraction of sp³-hybridized carbons (Fsp3) is 0.417. The molecule has 0 aliphatic carbocycles. The average Bonchev–Trinajstić information content (AvgIpc) is 3.01. The Hall–Kier alpha value is -4.51. The molecular weight excluding hydrogens is 552 g/mol. The second-order valence-corrected chi connectivity index (χ2v) is 12.4. The number of benzene rings is 3. The zero-order valence-electron chi connectivity index (χ0n) is 26.8. The SMILES string of the molecule is CCC(C)(C)c1ccc(OCCCCCC(=O)Nc2cccc(NC(=O)Nc3ccc(C#N)cc3)c2O)c(C(C)(C)CC)c1. The van der Waals surface area contributed by atoms with Crippen molar-refractivity contribution in [2.75, 3.05) is 22.6 Å². The molecule has 3 aromatic carbocycles. The molecule has 8 nitrogen and oxygen atoms in total. The summed E-state index contributed by atoms with van der Waals surface area (Å²) in [7, 11) is 0. The fourth-order valence-electron chi connectivity index (χ4n) is 4.62. The number of nitrogens with zero attached hydrogens (tertiary/aromatic N) is 1. The van der Waals surface area contributed by atoms with Crippen molar-refractivity contribution >= 4 is 29.0 Å². The molecule has 0 aromatic heterocycles. The molecule has 3 rings (SSSR count). The molecule has 0 saturated heterocycles. The van der Waals surface area contributed by atoms with Gasteiger partial charge in [-0.15, -0.1) is 0 Å². The van der Waals surface area contributed by atoms with Gasteiger partial charge in [0, 0.05) is 17.7 Å². The number of phenolic OH excluding ortho intramolecular Hbond substituents is 1. The van der Waals surface area contributed by atoms with Gasteiger partial charge in [0.25, 0.3) is 0 Å². The van der Waals surface area contributed by atoms with Crippen molar-refractivity contribution in [3.8, 4) is 17.6 Å². The normalized spacial score (nSPS) is 11.4. The lowest BCUT2D eigenvalue weighted by molar-refractivity contribution is -0.116. The summed E-state index contributed by atoms with van der Waals surface area (Å²) in [6.07, 6.45) is 4.69. The molecule has 8 heteroatoms. The molecule has 0 saturated carbocycles. The molecule has 44 heavy (non-hydrogen) atoms. The number of urea groups is 1. The van der Waals surface area contributed by atoms with E-state index in [0.29, 0.717) is 30.7 Å². The number of hydrogen-bond acceptors (Lipinski definition) is 5. The van der Waals surface area contributed by atoms with Crippen molar-refractivity contribution in [2.45, 2.75) is 90.9 Å². The summed E-state index contributed by atoms with van der Waals surface area (Å²) < 4.78 is 6.25. The minimum absolute atomic E-state index is 0.000435. The molecule has 0 atom stereocenters. The lowest BCUT2D eigenvalue weighted by atomic mass is 9.76. The Morgan fingerprint density at radius 3 is 2.14 bits per heavy atom. The summed E-state index contributed by atoms with van der Waals surface area (Å²) in [5.74, 6) is 0.477. The standard InChI is InChI=1S/C36H46N4O4/c1-7-35(3,4)26-18-21-31(28(23-26)36(5,6)8-2)44-22-11-9-10-15-32(41)39-29-13-12-14-30(33(29)42)40-34(43)38-27-19-16-25(24-37)17-20-27/h12-14,16-21,23,42H,7-11,15,22H2,1-6H3,(H,39,41)(H2,38,40,43). The van der Waals surface area contributed by atoms with Crippen LogP contribution >= 0.6 is 0 Å². The molecule has 0 aliphatic rings. The van der Waals surface area contributed by atoms with E-state index < -0.39 is 6.03 Å². The highest BCUT2D eigenvalue weighted by Gasteiger charge is 2.26. The van der Waals surface area contributed by atoms with E-state index in [2.05, 4.69) is 75.7 Å². The second kappa shape index (κ2) is 15.3. The van der Waals surface area contributed by atoms with Crippen molar-refractivity contribution in [2.24, 2.45) is 0 Å². The van der Waals surface area contributed by atoms with Crippen LogP contribution in [0, 0.1) is 11.3 Å². The molecule has 0 spiro atoms. The Balaban J connectivity index is 1.47. The number of carbonyl (C=O) groups is 2. The van der Waals surface area contributed by atoms with Crippen LogP contribution in [-0.2, 0) is 15.6 Å². The number of para-hydroxylation sites is 1. The minimum Gasteiger partial charge on any atom is -0.504 e. The Labute approximate surface area is 261 Å². The third-order valence-electron chi connectivity index (χ3n) is 8.39. The van der Waals surface area contributed by atoms with Crippen LogP contribution in [0.4, 0.5) is 21.9 Å². The van der Waals surface area contributed by atoms with Gasteiger partial charge in [0.05, 0.1) is 29.6 Å². The van der Waals surface area contributed by atoms with E-state index in [0.717, 1.165) is 31.4 Å². The number of ether oxygens (including phenoxy) is 1. The average molecular weight is 599 g/mol. The van der Waals surface area contributed by atoms with Crippen LogP contribution in [0.15, 0.2) is 60.7 Å². The Morgan fingerprint density at radius 1 is 0.841 bits per heavy atom. The molecule has 0 unspecified atom stereocenters. The number of hydrogen-bond donors (Lipinski definition) is 4. The second-order valence-electron chi connectivity index (χ2n) is 12.4. The molecule has 0 fully saturated rings. The van der Waals surface area contributed by atoms with Gasteiger partial charge in [-0.1, -0.05) is 59.7 Å². The number of aromatic hydroxyl groups is 1. The van der Waals surface area contributed by atoms with E-state index in [1.165, 1.54) is 17.2 Å². The summed E-state index contributed by atoms with van der Waals surface area (Å²) in [6, 6.07) is 19.2. The first-order chi connectivity index (χ1) is 20.9. The maximum atomic E-state index is 12.6. The smallest absolute Gasteiger partial charge is 0.323 e. The first-order valence-electron chi connectivity index (χ1n) is 15.4. The van der Waals surface area contributed by atoms with Crippen LogP contribution in [0.2, 0.25) is 0 Å². The van der Waals surface area contributed by atoms with Gasteiger partial charge in [-0.3, -0.25) is 4.79 Å². The van der Waals surface area contributed by atoms with Crippen LogP contribution in [0.1, 0.15) is 96.8 Å². The highest BCUT2D eigenvalue weighted by atomic mass is 16.5. The first-order valence-corrected chi connectivity index (χ1v) is 15.4. The van der Waals surface area contributed by atoms with Crippen LogP contribution < -0.4 is 20.7 Å². The quantitative estimate of drug-likeness (QED) is 0.109. The van der Waals surface area contributed by atoms with Gasteiger partial charge in [0.15, 0.2) is 5.75 Å². The van der Waals surface area contributed by atoms with Crippen LogP contribution in [-0.4, -0.2) is 23.7 Å². The monoisotopic (exact) mass is 598 g/mol. The van der Waals surface area contributed by atoms with E-state index in [-0.39, 0.29) is 33.9 Å². The van der Waals surface area contributed by atoms with Crippen molar-refractivity contribution in [1.82, 2.24) is 0 Å².